The Morgan fingerprint density at radius 3 is 0.846 bits per heavy atom. The molecule has 6 rings (SSSR count). The van der Waals surface area contributed by atoms with Gasteiger partial charge >= 0.3 is 0 Å². The molecule has 0 aliphatic rings. The summed E-state index contributed by atoms with van der Waals surface area (Å²) in [5.41, 5.74) is 5.24. The van der Waals surface area contributed by atoms with E-state index < -0.39 is 0 Å². The average molecular weight is 689 g/mol. The Morgan fingerprint density at radius 1 is 0.308 bits per heavy atom. The number of carbonyl (C=O) groups excluding carboxylic acids is 4. The molecule has 0 radical (unpaired) electrons. The molecule has 0 heterocycles. The van der Waals surface area contributed by atoms with E-state index in [4.69, 9.17) is 0 Å². The Hall–Kier alpha value is -6.80. The topological polar surface area (TPSA) is 81.2 Å². The highest BCUT2D eigenvalue weighted by Gasteiger charge is 2.21. The maximum Gasteiger partial charge on any atom is 0.258 e. The minimum absolute atomic E-state index is 0.0974. The molecule has 4 amide bonds. The minimum atomic E-state index is -0.126. The number of para-hydroxylation sites is 2. The molecule has 260 valence electrons. The Balaban J connectivity index is 0.000000201. The van der Waals surface area contributed by atoms with Crippen molar-refractivity contribution in [2.24, 2.45) is 0 Å². The fourth-order valence-corrected chi connectivity index (χ4v) is 5.49. The van der Waals surface area contributed by atoms with E-state index in [2.05, 4.69) is 0 Å². The van der Waals surface area contributed by atoms with Crippen LogP contribution in [-0.2, 0) is 0 Å². The van der Waals surface area contributed by atoms with Gasteiger partial charge in [-0.05, 0) is 78.9 Å². The van der Waals surface area contributed by atoms with Gasteiger partial charge in [-0.3, -0.25) is 19.2 Å². The molecule has 0 aliphatic heterocycles. The zero-order valence-corrected chi connectivity index (χ0v) is 29.6. The van der Waals surface area contributed by atoms with Crippen LogP contribution in [0.1, 0.15) is 41.4 Å². The zero-order valence-electron chi connectivity index (χ0n) is 29.6. The van der Waals surface area contributed by atoms with Gasteiger partial charge in [0, 0.05) is 61.8 Å². The quantitative estimate of drug-likeness (QED) is 0.161. The summed E-state index contributed by atoms with van der Waals surface area (Å²) >= 11 is 0. The van der Waals surface area contributed by atoms with Crippen molar-refractivity contribution in [1.82, 2.24) is 0 Å². The first-order valence-electron chi connectivity index (χ1n) is 16.7. The minimum Gasteiger partial charge on any atom is -0.311 e. The van der Waals surface area contributed by atoms with E-state index in [1.54, 1.807) is 96.3 Å². The number of benzene rings is 6. The summed E-state index contributed by atoms with van der Waals surface area (Å²) in [7, 11) is 6.89. The van der Waals surface area contributed by atoms with Crippen molar-refractivity contribution in [2.75, 3.05) is 47.8 Å². The summed E-state index contributed by atoms with van der Waals surface area (Å²) in [6.45, 7) is 0. The van der Waals surface area contributed by atoms with Gasteiger partial charge < -0.3 is 19.6 Å². The van der Waals surface area contributed by atoms with Crippen molar-refractivity contribution >= 4 is 46.4 Å². The molecule has 0 fully saturated rings. The van der Waals surface area contributed by atoms with Crippen molar-refractivity contribution in [2.45, 2.75) is 0 Å². The van der Waals surface area contributed by atoms with Crippen LogP contribution in [0.4, 0.5) is 22.7 Å². The number of carbonyl (C=O) groups is 4. The molecule has 0 saturated carbocycles. The smallest absolute Gasteiger partial charge is 0.258 e. The first kappa shape index (κ1) is 36.5. The van der Waals surface area contributed by atoms with Crippen molar-refractivity contribution in [3.8, 4) is 0 Å². The van der Waals surface area contributed by atoms with Gasteiger partial charge in [-0.25, -0.2) is 0 Å². The van der Waals surface area contributed by atoms with Gasteiger partial charge in [-0.1, -0.05) is 91.0 Å². The zero-order chi connectivity index (χ0) is 37.0. The molecule has 0 bridgehead atoms. The summed E-state index contributed by atoms with van der Waals surface area (Å²) in [6.07, 6.45) is 0. The van der Waals surface area contributed by atoms with Crippen LogP contribution in [0.15, 0.2) is 170 Å². The summed E-state index contributed by atoms with van der Waals surface area (Å²) in [6, 6.07) is 51.2. The number of hydrogen-bond acceptors (Lipinski definition) is 4. The molecule has 6 aromatic carbocycles. The van der Waals surface area contributed by atoms with E-state index in [0.29, 0.717) is 33.6 Å². The summed E-state index contributed by atoms with van der Waals surface area (Å²) in [5.74, 6) is -0.447. The van der Waals surface area contributed by atoms with Crippen molar-refractivity contribution in [3.05, 3.63) is 192 Å². The normalized spacial score (nSPS) is 10.2. The van der Waals surface area contributed by atoms with E-state index in [1.807, 2.05) is 121 Å². The van der Waals surface area contributed by atoms with Crippen molar-refractivity contribution in [1.29, 1.82) is 0 Å². The van der Waals surface area contributed by atoms with Gasteiger partial charge in [-0.2, -0.15) is 0 Å². The highest BCUT2D eigenvalue weighted by atomic mass is 16.2. The van der Waals surface area contributed by atoms with Gasteiger partial charge in [0.05, 0.1) is 11.4 Å². The molecule has 0 unspecified atom stereocenters. The standard InChI is InChI=1S/2C22H20N2O2/c1-23(21(25)17-11-5-3-6-12-17)19-15-9-10-16-20(19)24(2)22(26)18-13-7-4-8-14-18;1-23(21(25)17-10-5-3-6-11-17)19-14-9-15-20(16-19)24(2)22(26)18-12-7-4-8-13-18/h2*3-16H,1-2H3. The summed E-state index contributed by atoms with van der Waals surface area (Å²) < 4.78 is 0. The summed E-state index contributed by atoms with van der Waals surface area (Å²) in [4.78, 5) is 57.1. The molecule has 6 aromatic rings. The fraction of sp³-hybridized carbons (Fsp3) is 0.0909. The maximum absolute atomic E-state index is 12.8. The van der Waals surface area contributed by atoms with Crippen molar-refractivity contribution < 1.29 is 19.2 Å². The third-order valence-corrected chi connectivity index (χ3v) is 8.51. The van der Waals surface area contributed by atoms with E-state index >= 15 is 0 Å². The largest absolute Gasteiger partial charge is 0.311 e. The van der Waals surface area contributed by atoms with E-state index in [-0.39, 0.29) is 23.6 Å². The average Bonchev–Trinajstić information content (AvgIpc) is 3.23. The van der Waals surface area contributed by atoms with E-state index in [0.717, 1.165) is 11.4 Å². The molecule has 0 aromatic heterocycles. The van der Waals surface area contributed by atoms with Crippen LogP contribution in [0.2, 0.25) is 0 Å². The number of amides is 4. The van der Waals surface area contributed by atoms with Crippen LogP contribution >= 0.6 is 0 Å². The lowest BCUT2D eigenvalue weighted by atomic mass is 10.1. The van der Waals surface area contributed by atoms with Gasteiger partial charge in [0.25, 0.3) is 23.6 Å². The second kappa shape index (κ2) is 17.2. The van der Waals surface area contributed by atoms with Crippen LogP contribution in [0.3, 0.4) is 0 Å². The van der Waals surface area contributed by atoms with Crippen LogP contribution in [-0.4, -0.2) is 51.8 Å². The Bertz CT molecular complexity index is 1980. The fourth-order valence-electron chi connectivity index (χ4n) is 5.49. The highest BCUT2D eigenvalue weighted by Crippen LogP contribution is 2.30. The number of anilines is 4. The number of rotatable bonds is 8. The van der Waals surface area contributed by atoms with Gasteiger partial charge in [0.15, 0.2) is 0 Å². The predicted octanol–water partition coefficient (Wildman–Crippen LogP) is 8.48. The van der Waals surface area contributed by atoms with Gasteiger partial charge in [0.2, 0.25) is 0 Å². The Morgan fingerprint density at radius 2 is 0.558 bits per heavy atom. The Labute approximate surface area is 304 Å². The molecule has 0 atom stereocenters. The first-order chi connectivity index (χ1) is 25.2. The van der Waals surface area contributed by atoms with Crippen molar-refractivity contribution in [3.63, 3.8) is 0 Å². The molecule has 52 heavy (non-hydrogen) atoms. The third kappa shape index (κ3) is 8.67. The second-order valence-electron chi connectivity index (χ2n) is 11.9. The molecular formula is C44H40N4O4. The molecule has 0 N–H and O–H groups in total. The molecule has 0 aliphatic carbocycles. The van der Waals surface area contributed by atoms with Gasteiger partial charge in [0.1, 0.15) is 0 Å². The van der Waals surface area contributed by atoms with E-state index in [1.165, 1.54) is 0 Å². The molecule has 0 saturated heterocycles. The van der Waals surface area contributed by atoms with Crippen LogP contribution in [0.25, 0.3) is 0 Å². The highest BCUT2D eigenvalue weighted by molar-refractivity contribution is 6.12. The number of hydrogen-bond donors (Lipinski definition) is 0. The van der Waals surface area contributed by atoms with Crippen LogP contribution in [0.5, 0.6) is 0 Å². The maximum atomic E-state index is 12.8. The summed E-state index contributed by atoms with van der Waals surface area (Å²) in [5, 5.41) is 0. The molecule has 0 spiro atoms. The predicted molar refractivity (Wildman–Crippen MR) is 210 cm³/mol. The lowest BCUT2D eigenvalue weighted by Crippen LogP contribution is -2.31. The number of nitrogens with zero attached hydrogens (tertiary/aromatic N) is 4. The van der Waals surface area contributed by atoms with E-state index in [9.17, 15) is 19.2 Å². The second-order valence-corrected chi connectivity index (χ2v) is 11.9. The van der Waals surface area contributed by atoms with Gasteiger partial charge in [-0.15, -0.1) is 0 Å². The SMILES string of the molecule is CN(C(=O)c1ccccc1)c1cccc(N(C)C(=O)c2ccccc2)c1.CN(C(=O)c1ccccc1)c1ccccc1N(C)C(=O)c1ccccc1. The van der Waals surface area contributed by atoms with Crippen LogP contribution < -0.4 is 19.6 Å². The molecule has 8 nitrogen and oxygen atoms in total. The first-order valence-corrected chi connectivity index (χ1v) is 16.7. The lowest BCUT2D eigenvalue weighted by Gasteiger charge is -2.26. The molecular weight excluding hydrogens is 649 g/mol. The third-order valence-electron chi connectivity index (χ3n) is 8.51. The van der Waals surface area contributed by atoms with Crippen LogP contribution in [0, 0.1) is 0 Å². The Kier molecular flexibility index (Phi) is 12.1. The monoisotopic (exact) mass is 688 g/mol. The lowest BCUT2D eigenvalue weighted by molar-refractivity contribution is 0.0981. The molecule has 8 heteroatoms.